The summed E-state index contributed by atoms with van der Waals surface area (Å²) in [5.74, 6) is -1.48. The molecule has 0 bridgehead atoms. The van der Waals surface area contributed by atoms with E-state index in [1.165, 1.54) is 6.20 Å². The van der Waals surface area contributed by atoms with E-state index < -0.39 is 11.9 Å². The van der Waals surface area contributed by atoms with Gasteiger partial charge in [-0.2, -0.15) is 5.10 Å². The Labute approximate surface area is 181 Å². The van der Waals surface area contributed by atoms with Crippen molar-refractivity contribution in [3.05, 3.63) is 49.7 Å². The number of carbonyl (C=O) groups excluding carboxylic acids is 2. The molecule has 1 heterocycles. The van der Waals surface area contributed by atoms with Gasteiger partial charge in [-0.15, -0.1) is 0 Å². The molecule has 0 amide bonds. The van der Waals surface area contributed by atoms with E-state index in [9.17, 15) is 9.59 Å². The molecule has 2 aromatic rings. The zero-order chi connectivity index (χ0) is 20.0. The highest BCUT2D eigenvalue weighted by atomic mass is 79.9. The van der Waals surface area contributed by atoms with E-state index in [1.54, 1.807) is 30.7 Å². The van der Waals surface area contributed by atoms with E-state index in [2.05, 4.69) is 58.2 Å². The lowest BCUT2D eigenvalue weighted by atomic mass is 10.2. The third kappa shape index (κ3) is 5.43. The molecule has 0 saturated heterocycles. The number of nitrogens with one attached hydrogen (secondary N) is 1. The minimum Gasteiger partial charge on any atom is -0.462 e. The van der Waals surface area contributed by atoms with Gasteiger partial charge in [0.2, 0.25) is 0 Å². The largest absolute Gasteiger partial charge is 0.462 e. The smallest absolute Gasteiger partial charge is 0.347 e. The SMILES string of the molecule is CCOC(=O)C(=CNc1ccc(-n2nc(Br)c(Br)c2Br)cc1)C(=O)OCC. The summed E-state index contributed by atoms with van der Waals surface area (Å²) in [5.41, 5.74) is 1.29. The third-order valence-corrected chi connectivity index (χ3v) is 6.32. The molecule has 0 radical (unpaired) electrons. The molecule has 0 aliphatic carbocycles. The number of hydrogen-bond acceptors (Lipinski definition) is 6. The predicted molar refractivity (Wildman–Crippen MR) is 112 cm³/mol. The minimum atomic E-state index is -0.741. The molecule has 1 aromatic heterocycles. The Hall–Kier alpha value is -1.65. The Kier molecular flexibility index (Phi) is 8.06. The minimum absolute atomic E-state index is 0.161. The summed E-state index contributed by atoms with van der Waals surface area (Å²) in [6.07, 6.45) is 1.28. The van der Waals surface area contributed by atoms with Gasteiger partial charge in [-0.3, -0.25) is 0 Å². The summed E-state index contributed by atoms with van der Waals surface area (Å²) in [6, 6.07) is 7.24. The van der Waals surface area contributed by atoms with Crippen molar-refractivity contribution >= 4 is 65.4 Å². The van der Waals surface area contributed by atoms with Crippen LogP contribution in [0.15, 0.2) is 49.7 Å². The third-order valence-electron chi connectivity index (χ3n) is 3.22. The fourth-order valence-corrected chi connectivity index (χ4v) is 3.33. The molecule has 1 N–H and O–H groups in total. The van der Waals surface area contributed by atoms with Crippen LogP contribution in [0.5, 0.6) is 0 Å². The Morgan fingerprint density at radius 3 is 2.07 bits per heavy atom. The number of carbonyl (C=O) groups is 2. The second-order valence-corrected chi connectivity index (χ2v) is 7.29. The van der Waals surface area contributed by atoms with Gasteiger partial charge < -0.3 is 14.8 Å². The molecule has 0 aliphatic rings. The molecule has 0 saturated carbocycles. The topological polar surface area (TPSA) is 82.5 Å². The van der Waals surface area contributed by atoms with Crippen LogP contribution in [0.1, 0.15) is 13.8 Å². The van der Waals surface area contributed by atoms with Crippen molar-refractivity contribution in [1.29, 1.82) is 0 Å². The van der Waals surface area contributed by atoms with Crippen molar-refractivity contribution in [1.82, 2.24) is 9.78 Å². The second-order valence-electron chi connectivity index (χ2n) is 5.00. The predicted octanol–water partition coefficient (Wildman–Crippen LogP) is 4.58. The van der Waals surface area contributed by atoms with Crippen LogP contribution in [-0.2, 0) is 19.1 Å². The fourth-order valence-electron chi connectivity index (χ4n) is 2.00. The molecule has 144 valence electrons. The molecule has 0 spiro atoms. The Morgan fingerprint density at radius 2 is 1.63 bits per heavy atom. The average molecular weight is 566 g/mol. The van der Waals surface area contributed by atoms with Crippen molar-refractivity contribution < 1.29 is 19.1 Å². The van der Waals surface area contributed by atoms with E-state index in [0.717, 1.165) is 14.8 Å². The van der Waals surface area contributed by atoms with Crippen molar-refractivity contribution in [2.24, 2.45) is 0 Å². The number of halogens is 3. The zero-order valence-corrected chi connectivity index (χ0v) is 19.2. The number of aromatic nitrogens is 2. The first-order chi connectivity index (χ1) is 12.9. The maximum Gasteiger partial charge on any atom is 0.347 e. The Balaban J connectivity index is 2.20. The van der Waals surface area contributed by atoms with Crippen LogP contribution in [-0.4, -0.2) is 34.9 Å². The van der Waals surface area contributed by atoms with E-state index in [1.807, 2.05) is 12.1 Å². The number of benzene rings is 1. The first-order valence-corrected chi connectivity index (χ1v) is 10.3. The molecule has 27 heavy (non-hydrogen) atoms. The number of esters is 2. The highest BCUT2D eigenvalue weighted by Crippen LogP contribution is 2.32. The van der Waals surface area contributed by atoms with Gasteiger partial charge in [0.15, 0.2) is 5.57 Å². The first-order valence-electron chi connectivity index (χ1n) is 7.89. The summed E-state index contributed by atoms with van der Waals surface area (Å²) in [6.45, 7) is 3.65. The number of nitrogens with zero attached hydrogens (tertiary/aromatic N) is 2. The normalized spacial score (nSPS) is 10.3. The fraction of sp³-hybridized carbons (Fsp3) is 0.235. The summed E-state index contributed by atoms with van der Waals surface area (Å²) < 4.78 is 13.7. The van der Waals surface area contributed by atoms with Gasteiger partial charge in [-0.05, 0) is 85.9 Å². The summed E-state index contributed by atoms with van der Waals surface area (Å²) >= 11 is 10.2. The summed E-state index contributed by atoms with van der Waals surface area (Å²) in [7, 11) is 0. The van der Waals surface area contributed by atoms with Gasteiger partial charge in [0.1, 0.15) is 9.21 Å². The number of ether oxygens (including phenoxy) is 2. The molecule has 0 aliphatic heterocycles. The molecule has 0 atom stereocenters. The highest BCUT2D eigenvalue weighted by molar-refractivity contribution is 9.14. The highest BCUT2D eigenvalue weighted by Gasteiger charge is 2.21. The average Bonchev–Trinajstić information content (AvgIpc) is 2.90. The van der Waals surface area contributed by atoms with Gasteiger partial charge in [0, 0.05) is 11.9 Å². The van der Waals surface area contributed by atoms with E-state index in [-0.39, 0.29) is 18.8 Å². The van der Waals surface area contributed by atoms with Crippen LogP contribution in [0.2, 0.25) is 0 Å². The standard InChI is InChI=1S/C17H16Br3N3O4/c1-3-26-16(24)12(17(25)27-4-2)9-21-10-5-7-11(8-6-10)23-15(20)13(18)14(19)22-23/h5-9,21H,3-4H2,1-2H3. The van der Waals surface area contributed by atoms with Crippen LogP contribution in [0.25, 0.3) is 5.69 Å². The second kappa shape index (κ2) is 10.0. The van der Waals surface area contributed by atoms with Gasteiger partial charge in [-0.25, -0.2) is 14.3 Å². The Morgan fingerprint density at radius 1 is 1.07 bits per heavy atom. The molecule has 2 rings (SSSR count). The van der Waals surface area contributed by atoms with Crippen molar-refractivity contribution in [2.75, 3.05) is 18.5 Å². The van der Waals surface area contributed by atoms with Crippen LogP contribution in [0, 0.1) is 0 Å². The van der Waals surface area contributed by atoms with E-state index in [4.69, 9.17) is 9.47 Å². The van der Waals surface area contributed by atoms with Crippen molar-refractivity contribution in [2.45, 2.75) is 13.8 Å². The molecular formula is C17H16Br3N3O4. The lowest BCUT2D eigenvalue weighted by Crippen LogP contribution is -2.19. The number of anilines is 1. The lowest BCUT2D eigenvalue weighted by molar-refractivity contribution is -0.146. The zero-order valence-electron chi connectivity index (χ0n) is 14.5. The van der Waals surface area contributed by atoms with Gasteiger partial charge in [0.05, 0.1) is 23.4 Å². The van der Waals surface area contributed by atoms with Crippen LogP contribution < -0.4 is 5.32 Å². The quantitative estimate of drug-likeness (QED) is 0.229. The van der Waals surface area contributed by atoms with Gasteiger partial charge in [-0.1, -0.05) is 0 Å². The van der Waals surface area contributed by atoms with E-state index in [0.29, 0.717) is 10.3 Å². The summed E-state index contributed by atoms with van der Waals surface area (Å²) in [4.78, 5) is 23.9. The molecule has 0 unspecified atom stereocenters. The van der Waals surface area contributed by atoms with Crippen molar-refractivity contribution in [3.63, 3.8) is 0 Å². The van der Waals surface area contributed by atoms with Gasteiger partial charge in [0.25, 0.3) is 0 Å². The van der Waals surface area contributed by atoms with Crippen LogP contribution in [0.4, 0.5) is 5.69 Å². The molecule has 0 fully saturated rings. The maximum atomic E-state index is 11.9. The molecule has 1 aromatic carbocycles. The van der Waals surface area contributed by atoms with Crippen LogP contribution in [0.3, 0.4) is 0 Å². The maximum absolute atomic E-state index is 11.9. The monoisotopic (exact) mass is 563 g/mol. The molecule has 10 heteroatoms. The van der Waals surface area contributed by atoms with Crippen LogP contribution >= 0.6 is 47.8 Å². The molecular weight excluding hydrogens is 550 g/mol. The van der Waals surface area contributed by atoms with Gasteiger partial charge >= 0.3 is 11.9 Å². The Bertz CT molecular complexity index is 843. The lowest BCUT2D eigenvalue weighted by Gasteiger charge is -2.08. The number of rotatable bonds is 7. The molecule has 7 nitrogen and oxygen atoms in total. The number of hydrogen-bond donors (Lipinski definition) is 1. The first kappa shape index (κ1) is 21.6. The van der Waals surface area contributed by atoms with E-state index >= 15 is 0 Å². The summed E-state index contributed by atoms with van der Waals surface area (Å²) in [5, 5.41) is 7.27. The van der Waals surface area contributed by atoms with Crippen molar-refractivity contribution in [3.8, 4) is 5.69 Å².